The average Bonchev–Trinajstić information content (AvgIpc) is 3.13. The molecule has 0 heterocycles. The van der Waals surface area contributed by atoms with E-state index in [1.165, 1.54) is 6.92 Å². The fourth-order valence-corrected chi connectivity index (χ4v) is 5.00. The number of nitrogens with two attached hydrogens (primary N) is 1. The Labute approximate surface area is 312 Å². The number of ether oxygens (including phenoxy) is 2. The summed E-state index contributed by atoms with van der Waals surface area (Å²) in [6.07, 6.45) is 0.722. The zero-order chi connectivity index (χ0) is 38.8. The van der Waals surface area contributed by atoms with Gasteiger partial charge in [0.1, 0.15) is 6.04 Å². The Bertz CT molecular complexity index is 1390. The Morgan fingerprint density at radius 2 is 1.04 bits per heavy atom. The molecule has 0 bridgehead atoms. The maximum atomic E-state index is 13.7. The van der Waals surface area contributed by atoms with Crippen LogP contribution in [0.2, 0.25) is 0 Å². The van der Waals surface area contributed by atoms with E-state index < -0.39 is 18.0 Å². The first kappa shape index (κ1) is 44.3. The fourth-order valence-electron chi connectivity index (χ4n) is 5.00. The lowest BCUT2D eigenvalue weighted by Crippen LogP contribution is -2.48. The summed E-state index contributed by atoms with van der Waals surface area (Å²) < 4.78 is 10.9. The van der Waals surface area contributed by atoms with Crippen LogP contribution in [0.3, 0.4) is 0 Å². The van der Waals surface area contributed by atoms with Crippen LogP contribution in [0.15, 0.2) is 48.5 Å². The van der Waals surface area contributed by atoms with Crippen LogP contribution in [-0.2, 0) is 38.2 Å². The van der Waals surface area contributed by atoms with E-state index in [-0.39, 0.29) is 88.0 Å². The van der Waals surface area contributed by atoms with Crippen molar-refractivity contribution < 1.29 is 38.2 Å². The molecule has 1 atom stereocenters. The first-order valence-electron chi connectivity index (χ1n) is 18.1. The largest absolute Gasteiger partial charge is 0.377 e. The van der Waals surface area contributed by atoms with Crippen molar-refractivity contribution in [2.24, 2.45) is 5.73 Å². The Morgan fingerprint density at radius 3 is 1.49 bits per heavy atom. The third-order valence-electron chi connectivity index (χ3n) is 7.94. The molecule has 0 aliphatic rings. The molecule has 2 aromatic carbocycles. The summed E-state index contributed by atoms with van der Waals surface area (Å²) in [6.45, 7) is 8.11. The minimum absolute atomic E-state index is 0.0748. The highest BCUT2D eigenvalue weighted by atomic mass is 16.5. The number of rotatable bonds is 26. The van der Waals surface area contributed by atoms with Crippen molar-refractivity contribution in [3.05, 3.63) is 70.8 Å². The molecule has 15 heteroatoms. The number of aryl methyl sites for hydroxylation is 2. The van der Waals surface area contributed by atoms with Gasteiger partial charge in [0.25, 0.3) is 0 Å². The quantitative estimate of drug-likeness (QED) is 0.0679. The van der Waals surface area contributed by atoms with Gasteiger partial charge in [-0.1, -0.05) is 59.7 Å². The minimum atomic E-state index is -0.885. The molecule has 53 heavy (non-hydrogen) atoms. The number of amides is 6. The lowest BCUT2D eigenvalue weighted by atomic mass is 9.96. The zero-order valence-electron chi connectivity index (χ0n) is 31.2. The van der Waals surface area contributed by atoms with Crippen LogP contribution >= 0.6 is 0 Å². The number of carbonyl (C=O) groups excluding carboxylic acids is 6. The molecule has 8 N–H and O–H groups in total. The Morgan fingerprint density at radius 1 is 0.585 bits per heavy atom. The third-order valence-corrected chi connectivity index (χ3v) is 7.94. The lowest BCUT2D eigenvalue weighted by Gasteiger charge is -2.25. The summed E-state index contributed by atoms with van der Waals surface area (Å²) in [5.74, 6) is -1.80. The topological polar surface area (TPSA) is 219 Å². The van der Waals surface area contributed by atoms with Crippen molar-refractivity contribution in [2.45, 2.75) is 71.4 Å². The number of carbonyl (C=O) groups is 6. The molecular weight excluding hydrogens is 682 g/mol. The standard InChI is InChI=1S/C38H57N7O8/c1-27-6-10-30(11-7-27)37(31-12-8-28(2)9-13-31)45-38(51)32(5-4-19-40-29(3)46)44-36(50)17-16-35(49)43-22-24-53-26-25-52-23-21-42-34(48)15-14-33(47)41-20-18-39/h6-13,32,37H,4-5,14-26,39H2,1-3H3,(H,40,46)(H,41,47)(H,42,48)(H,43,49)(H,44,50)(H,45,51). The molecule has 0 spiro atoms. The summed E-state index contributed by atoms with van der Waals surface area (Å²) in [7, 11) is 0. The molecule has 0 aromatic heterocycles. The van der Waals surface area contributed by atoms with Crippen LogP contribution in [0.1, 0.15) is 73.7 Å². The van der Waals surface area contributed by atoms with E-state index in [2.05, 4.69) is 31.9 Å². The van der Waals surface area contributed by atoms with Crippen LogP contribution in [0.5, 0.6) is 0 Å². The van der Waals surface area contributed by atoms with Crippen molar-refractivity contribution in [2.75, 3.05) is 59.2 Å². The highest BCUT2D eigenvalue weighted by Crippen LogP contribution is 2.23. The Balaban J connectivity index is 1.74. The van der Waals surface area contributed by atoms with Crippen molar-refractivity contribution in [3.63, 3.8) is 0 Å². The summed E-state index contributed by atoms with van der Waals surface area (Å²) in [5, 5.41) is 16.6. The summed E-state index contributed by atoms with van der Waals surface area (Å²) in [4.78, 5) is 73.6. The minimum Gasteiger partial charge on any atom is -0.377 e. The first-order valence-corrected chi connectivity index (χ1v) is 18.1. The third kappa shape index (κ3) is 20.1. The molecular formula is C38H57N7O8. The van der Waals surface area contributed by atoms with Gasteiger partial charge in [-0.2, -0.15) is 0 Å². The molecule has 292 valence electrons. The lowest BCUT2D eigenvalue weighted by molar-refractivity contribution is -0.130. The highest BCUT2D eigenvalue weighted by molar-refractivity contribution is 5.89. The fraction of sp³-hybridized carbons (Fsp3) is 0.526. The van der Waals surface area contributed by atoms with Crippen LogP contribution < -0.4 is 37.6 Å². The van der Waals surface area contributed by atoms with Crippen LogP contribution in [0.25, 0.3) is 0 Å². The van der Waals surface area contributed by atoms with Crippen molar-refractivity contribution in [1.82, 2.24) is 31.9 Å². The van der Waals surface area contributed by atoms with E-state index in [4.69, 9.17) is 15.2 Å². The summed E-state index contributed by atoms with van der Waals surface area (Å²) in [6, 6.07) is 14.4. The van der Waals surface area contributed by atoms with E-state index in [1.807, 2.05) is 62.4 Å². The molecule has 15 nitrogen and oxygen atoms in total. The van der Waals surface area contributed by atoms with Gasteiger partial charge in [0.2, 0.25) is 35.4 Å². The van der Waals surface area contributed by atoms with Crippen LogP contribution in [0, 0.1) is 13.8 Å². The van der Waals surface area contributed by atoms with E-state index >= 15 is 0 Å². The smallest absolute Gasteiger partial charge is 0.243 e. The second-order valence-electron chi connectivity index (χ2n) is 12.6. The van der Waals surface area contributed by atoms with Crippen molar-refractivity contribution in [3.8, 4) is 0 Å². The Hall–Kier alpha value is -4.86. The summed E-state index contributed by atoms with van der Waals surface area (Å²) in [5.41, 5.74) is 9.28. The van der Waals surface area contributed by atoms with Gasteiger partial charge in [-0.25, -0.2) is 0 Å². The summed E-state index contributed by atoms with van der Waals surface area (Å²) >= 11 is 0. The van der Waals surface area contributed by atoms with E-state index in [1.54, 1.807) is 0 Å². The average molecular weight is 740 g/mol. The van der Waals surface area contributed by atoms with Gasteiger partial charge >= 0.3 is 0 Å². The molecule has 1 unspecified atom stereocenters. The van der Waals surface area contributed by atoms with E-state index in [0.717, 1.165) is 22.3 Å². The number of nitrogens with one attached hydrogen (secondary N) is 6. The van der Waals surface area contributed by atoms with E-state index in [0.29, 0.717) is 39.2 Å². The maximum Gasteiger partial charge on any atom is 0.243 e. The molecule has 2 rings (SSSR count). The van der Waals surface area contributed by atoms with Crippen molar-refractivity contribution >= 4 is 35.4 Å². The van der Waals surface area contributed by atoms with Gasteiger partial charge in [-0.05, 0) is 37.8 Å². The predicted octanol–water partition coefficient (Wildman–Crippen LogP) is 0.811. The molecule has 2 aromatic rings. The van der Waals surface area contributed by atoms with Crippen molar-refractivity contribution in [1.29, 1.82) is 0 Å². The van der Waals surface area contributed by atoms with Gasteiger partial charge in [0, 0.05) is 65.3 Å². The highest BCUT2D eigenvalue weighted by Gasteiger charge is 2.25. The van der Waals surface area contributed by atoms with Gasteiger partial charge in [-0.15, -0.1) is 0 Å². The second-order valence-corrected chi connectivity index (χ2v) is 12.6. The molecule has 0 saturated carbocycles. The predicted molar refractivity (Wildman–Crippen MR) is 200 cm³/mol. The number of hydrogen-bond donors (Lipinski definition) is 7. The monoisotopic (exact) mass is 739 g/mol. The maximum absolute atomic E-state index is 13.7. The normalized spacial score (nSPS) is 11.3. The zero-order valence-corrected chi connectivity index (χ0v) is 31.2. The van der Waals surface area contributed by atoms with Gasteiger partial charge in [0.05, 0.1) is 32.5 Å². The first-order chi connectivity index (χ1) is 25.5. The van der Waals surface area contributed by atoms with Crippen LogP contribution in [-0.4, -0.2) is 101 Å². The second kappa shape index (κ2) is 26.0. The SMILES string of the molecule is CC(=O)NCCCC(NC(=O)CCC(=O)NCCOCCOCCNC(=O)CCC(=O)NCCN)C(=O)NC(c1ccc(C)cc1)c1ccc(C)cc1. The molecule has 6 amide bonds. The molecule has 0 fully saturated rings. The van der Waals surface area contributed by atoms with Gasteiger partial charge < -0.3 is 47.1 Å². The molecule has 0 aliphatic carbocycles. The molecule has 0 radical (unpaired) electrons. The van der Waals surface area contributed by atoms with Crippen LogP contribution in [0.4, 0.5) is 0 Å². The number of hydrogen-bond acceptors (Lipinski definition) is 9. The Kier molecular flexibility index (Phi) is 21.7. The molecule has 0 aliphatic heterocycles. The van der Waals surface area contributed by atoms with Gasteiger partial charge in [-0.3, -0.25) is 28.8 Å². The van der Waals surface area contributed by atoms with Gasteiger partial charge in [0.15, 0.2) is 0 Å². The molecule has 0 saturated heterocycles. The number of benzene rings is 2. The van der Waals surface area contributed by atoms with E-state index in [9.17, 15) is 28.8 Å².